The Labute approximate surface area is 211 Å². The highest BCUT2D eigenvalue weighted by atomic mass is 32.2. The second-order valence-corrected chi connectivity index (χ2v) is 10.6. The number of hydrogen-bond donors (Lipinski definition) is 2. The molecule has 182 valence electrons. The topological polar surface area (TPSA) is 113 Å². The number of benzene rings is 3. The van der Waals surface area contributed by atoms with Crippen molar-refractivity contribution in [3.05, 3.63) is 83.6 Å². The third kappa shape index (κ3) is 4.05. The standard InChI is InChI=1S/C27H25N5O3S/c28-27-29-23-10-9-17(21-7-3-4-8-24(21)36(35)32-12-11-20(33)16-32)13-22(23)25(30-27)26(34)31-14-18-5-1-2-6-19(18)15-31/h1-10,13,20,33H,11-12,14-16H2,(H2,28,29,30). The molecule has 2 atom stereocenters. The van der Waals surface area contributed by atoms with E-state index in [-0.39, 0.29) is 17.5 Å². The van der Waals surface area contributed by atoms with Gasteiger partial charge in [-0.2, -0.15) is 0 Å². The summed E-state index contributed by atoms with van der Waals surface area (Å²) in [4.78, 5) is 24.7. The fourth-order valence-corrected chi connectivity index (χ4v) is 6.39. The van der Waals surface area contributed by atoms with E-state index in [4.69, 9.17) is 5.73 Å². The highest BCUT2D eigenvalue weighted by molar-refractivity contribution is 7.82. The molecule has 1 amide bonds. The Morgan fingerprint density at radius 3 is 2.44 bits per heavy atom. The Morgan fingerprint density at radius 2 is 1.72 bits per heavy atom. The molecule has 3 aromatic carbocycles. The van der Waals surface area contributed by atoms with E-state index in [0.717, 1.165) is 22.3 Å². The van der Waals surface area contributed by atoms with Crippen molar-refractivity contribution in [2.24, 2.45) is 0 Å². The van der Waals surface area contributed by atoms with Crippen LogP contribution in [0.3, 0.4) is 0 Å². The first-order valence-corrected chi connectivity index (χ1v) is 13.0. The molecule has 6 rings (SSSR count). The number of carbonyl (C=O) groups excluding carboxylic acids is 1. The van der Waals surface area contributed by atoms with Crippen LogP contribution in [0.5, 0.6) is 0 Å². The van der Waals surface area contributed by atoms with E-state index >= 15 is 0 Å². The van der Waals surface area contributed by atoms with Gasteiger partial charge < -0.3 is 15.7 Å². The van der Waals surface area contributed by atoms with Gasteiger partial charge in [-0.1, -0.05) is 48.5 Å². The smallest absolute Gasteiger partial charge is 0.273 e. The Hall–Kier alpha value is -3.66. The maximum atomic E-state index is 13.6. The molecule has 3 N–H and O–H groups in total. The van der Waals surface area contributed by atoms with Crippen molar-refractivity contribution in [2.45, 2.75) is 30.5 Å². The van der Waals surface area contributed by atoms with Crippen LogP contribution in [0.15, 0.2) is 71.6 Å². The molecule has 4 aromatic rings. The van der Waals surface area contributed by atoms with Gasteiger partial charge in [0.25, 0.3) is 5.91 Å². The number of amides is 1. The Bertz CT molecular complexity index is 1500. The van der Waals surface area contributed by atoms with Crippen molar-refractivity contribution < 1.29 is 14.1 Å². The molecule has 1 fully saturated rings. The summed E-state index contributed by atoms with van der Waals surface area (Å²) < 4.78 is 15.2. The van der Waals surface area contributed by atoms with Crippen molar-refractivity contribution in [1.82, 2.24) is 19.2 Å². The van der Waals surface area contributed by atoms with Crippen molar-refractivity contribution >= 4 is 33.7 Å². The number of aliphatic hydroxyl groups excluding tert-OH is 1. The van der Waals surface area contributed by atoms with Crippen LogP contribution in [0.4, 0.5) is 5.95 Å². The van der Waals surface area contributed by atoms with Crippen LogP contribution in [0.25, 0.3) is 22.0 Å². The van der Waals surface area contributed by atoms with Gasteiger partial charge in [-0.15, -0.1) is 0 Å². The normalized spacial score (nSPS) is 18.5. The van der Waals surface area contributed by atoms with Gasteiger partial charge >= 0.3 is 0 Å². The lowest BCUT2D eigenvalue weighted by Gasteiger charge is -2.18. The molecule has 0 bridgehead atoms. The molecule has 0 spiro atoms. The predicted molar refractivity (Wildman–Crippen MR) is 138 cm³/mol. The summed E-state index contributed by atoms with van der Waals surface area (Å²) in [7, 11) is -1.42. The van der Waals surface area contributed by atoms with Crippen LogP contribution in [0.1, 0.15) is 28.0 Å². The summed E-state index contributed by atoms with van der Waals surface area (Å²) in [5.74, 6) is -0.158. The number of nitrogen functional groups attached to an aromatic ring is 1. The first-order valence-electron chi connectivity index (χ1n) is 11.9. The molecule has 36 heavy (non-hydrogen) atoms. The molecule has 3 heterocycles. The van der Waals surface area contributed by atoms with Crippen LogP contribution < -0.4 is 5.73 Å². The number of nitrogens with zero attached hydrogens (tertiary/aromatic N) is 4. The molecular weight excluding hydrogens is 474 g/mol. The molecule has 1 aromatic heterocycles. The molecule has 8 nitrogen and oxygen atoms in total. The number of anilines is 1. The molecule has 2 aliphatic rings. The van der Waals surface area contributed by atoms with E-state index < -0.39 is 17.1 Å². The summed E-state index contributed by atoms with van der Waals surface area (Å²) in [6, 6.07) is 21.1. The number of carbonyl (C=O) groups is 1. The van der Waals surface area contributed by atoms with Gasteiger partial charge in [-0.05, 0) is 46.9 Å². The number of hydrogen-bond acceptors (Lipinski definition) is 6. The SMILES string of the molecule is Nc1nc(C(=O)N2Cc3ccccc3C2)c2cc(-c3ccccc3S(=O)N3CCC(O)C3)ccc2n1. The summed E-state index contributed by atoms with van der Waals surface area (Å²) in [5.41, 5.74) is 10.7. The van der Waals surface area contributed by atoms with Crippen LogP contribution in [-0.2, 0) is 24.1 Å². The molecule has 1 saturated heterocycles. The first-order chi connectivity index (χ1) is 17.5. The predicted octanol–water partition coefficient (Wildman–Crippen LogP) is 3.12. The fraction of sp³-hybridized carbons (Fsp3) is 0.222. The zero-order valence-electron chi connectivity index (χ0n) is 19.5. The number of fused-ring (bicyclic) bond motifs is 2. The van der Waals surface area contributed by atoms with Gasteiger partial charge in [0.1, 0.15) is 16.7 Å². The average molecular weight is 500 g/mol. The summed E-state index contributed by atoms with van der Waals surface area (Å²) >= 11 is 0. The molecule has 0 aliphatic carbocycles. The molecular formula is C27H25N5O3S. The van der Waals surface area contributed by atoms with Gasteiger partial charge in [0.2, 0.25) is 5.95 Å². The van der Waals surface area contributed by atoms with Crippen molar-refractivity contribution in [1.29, 1.82) is 0 Å². The van der Waals surface area contributed by atoms with E-state index in [9.17, 15) is 14.1 Å². The summed E-state index contributed by atoms with van der Waals surface area (Å²) in [6.45, 7) is 1.99. The van der Waals surface area contributed by atoms with E-state index in [1.165, 1.54) is 0 Å². The second-order valence-electron chi connectivity index (χ2n) is 9.17. The van der Waals surface area contributed by atoms with Crippen molar-refractivity contribution in [3.63, 3.8) is 0 Å². The summed E-state index contributed by atoms with van der Waals surface area (Å²) in [6.07, 6.45) is 0.142. The van der Waals surface area contributed by atoms with Gasteiger partial charge in [-0.3, -0.25) is 4.79 Å². The monoisotopic (exact) mass is 499 g/mol. The molecule has 2 unspecified atom stereocenters. The van der Waals surface area contributed by atoms with E-state index in [1.807, 2.05) is 66.7 Å². The van der Waals surface area contributed by atoms with E-state index in [2.05, 4.69) is 9.97 Å². The van der Waals surface area contributed by atoms with Crippen LogP contribution in [0, 0.1) is 0 Å². The Kier molecular flexibility index (Phi) is 5.75. The largest absolute Gasteiger partial charge is 0.392 e. The quantitative estimate of drug-likeness (QED) is 0.446. The maximum absolute atomic E-state index is 13.6. The molecule has 0 saturated carbocycles. The lowest BCUT2D eigenvalue weighted by atomic mass is 10.0. The molecule has 2 aliphatic heterocycles. The second kappa shape index (κ2) is 9.09. The lowest BCUT2D eigenvalue weighted by Crippen LogP contribution is -2.27. The number of aromatic nitrogens is 2. The highest BCUT2D eigenvalue weighted by Crippen LogP contribution is 2.32. The van der Waals surface area contributed by atoms with Crippen molar-refractivity contribution in [3.8, 4) is 11.1 Å². The van der Waals surface area contributed by atoms with Gasteiger partial charge in [0.15, 0.2) is 0 Å². The number of β-amino-alcohol motifs (C(OH)–C–C–N with tert-alkyl or cyclic N) is 1. The zero-order chi connectivity index (χ0) is 24.8. The fourth-order valence-electron chi connectivity index (χ4n) is 4.96. The highest BCUT2D eigenvalue weighted by Gasteiger charge is 2.29. The van der Waals surface area contributed by atoms with Gasteiger partial charge in [0.05, 0.1) is 16.5 Å². The van der Waals surface area contributed by atoms with Gasteiger partial charge in [0, 0.05) is 31.6 Å². The molecule has 0 radical (unpaired) electrons. The first kappa shape index (κ1) is 22.8. The third-order valence-electron chi connectivity index (χ3n) is 6.79. The summed E-state index contributed by atoms with van der Waals surface area (Å²) in [5, 5.41) is 10.5. The van der Waals surface area contributed by atoms with Crippen LogP contribution >= 0.6 is 0 Å². The maximum Gasteiger partial charge on any atom is 0.273 e. The number of aliphatic hydroxyl groups is 1. The van der Waals surface area contributed by atoms with E-state index in [0.29, 0.717) is 48.4 Å². The average Bonchev–Trinajstić information content (AvgIpc) is 3.53. The minimum absolute atomic E-state index is 0.0457. The zero-order valence-corrected chi connectivity index (χ0v) is 20.3. The van der Waals surface area contributed by atoms with Crippen molar-refractivity contribution in [2.75, 3.05) is 18.8 Å². The third-order valence-corrected chi connectivity index (χ3v) is 8.32. The minimum Gasteiger partial charge on any atom is -0.392 e. The van der Waals surface area contributed by atoms with Crippen LogP contribution in [-0.4, -0.2) is 53.6 Å². The van der Waals surface area contributed by atoms with Crippen LogP contribution in [0.2, 0.25) is 0 Å². The number of rotatable bonds is 4. The number of nitrogens with two attached hydrogens (primary N) is 1. The van der Waals surface area contributed by atoms with E-state index in [1.54, 1.807) is 9.21 Å². The minimum atomic E-state index is -1.42. The Balaban J connectivity index is 1.40. The Morgan fingerprint density at radius 1 is 1.00 bits per heavy atom. The molecule has 9 heteroatoms. The van der Waals surface area contributed by atoms with Gasteiger partial charge in [-0.25, -0.2) is 18.5 Å². The lowest BCUT2D eigenvalue weighted by molar-refractivity contribution is 0.0747.